The van der Waals surface area contributed by atoms with E-state index in [1.54, 1.807) is 0 Å². The maximum absolute atomic E-state index is 2.62. The van der Waals surface area contributed by atoms with Crippen LogP contribution in [0.5, 0.6) is 0 Å². The standard InChI is InChI=1S/C12H25N/c1-5-7-13-8-6-11(10-13)9-12(2,3)4/h11H,5-10H2,1-4H3. The lowest BCUT2D eigenvalue weighted by molar-refractivity contribution is 0.273. The molecule has 13 heavy (non-hydrogen) atoms. The van der Waals surface area contributed by atoms with Gasteiger partial charge in [0.05, 0.1) is 0 Å². The summed E-state index contributed by atoms with van der Waals surface area (Å²) in [5.74, 6) is 0.964. The predicted octanol–water partition coefficient (Wildman–Crippen LogP) is 3.15. The summed E-state index contributed by atoms with van der Waals surface area (Å²) in [6, 6.07) is 0. The third-order valence-corrected chi connectivity index (χ3v) is 2.81. The molecule has 0 aliphatic carbocycles. The largest absolute Gasteiger partial charge is 0.303 e. The van der Waals surface area contributed by atoms with Gasteiger partial charge in [-0.15, -0.1) is 0 Å². The zero-order chi connectivity index (χ0) is 9.90. The fourth-order valence-electron chi connectivity index (χ4n) is 2.46. The molecule has 1 heteroatoms. The maximum atomic E-state index is 2.62. The molecule has 0 N–H and O–H groups in total. The Morgan fingerprint density at radius 3 is 2.54 bits per heavy atom. The molecular weight excluding hydrogens is 158 g/mol. The van der Waals surface area contributed by atoms with Crippen LogP contribution < -0.4 is 0 Å². The predicted molar refractivity (Wildman–Crippen MR) is 58.9 cm³/mol. The van der Waals surface area contributed by atoms with Crippen LogP contribution in [0.4, 0.5) is 0 Å². The first kappa shape index (κ1) is 11.0. The molecule has 1 aliphatic heterocycles. The molecule has 0 radical (unpaired) electrons. The molecule has 1 saturated heterocycles. The van der Waals surface area contributed by atoms with Crippen LogP contribution in [0.2, 0.25) is 0 Å². The molecule has 0 amide bonds. The van der Waals surface area contributed by atoms with Gasteiger partial charge in [0.2, 0.25) is 0 Å². The van der Waals surface area contributed by atoms with Crippen molar-refractivity contribution >= 4 is 0 Å². The lowest BCUT2D eigenvalue weighted by Gasteiger charge is -2.23. The zero-order valence-electron chi connectivity index (χ0n) is 9.77. The first-order valence-electron chi connectivity index (χ1n) is 5.73. The van der Waals surface area contributed by atoms with Crippen molar-refractivity contribution < 1.29 is 0 Å². The van der Waals surface area contributed by atoms with Gasteiger partial charge in [0, 0.05) is 6.54 Å². The van der Waals surface area contributed by atoms with Crippen molar-refractivity contribution in [2.45, 2.75) is 47.0 Å². The van der Waals surface area contributed by atoms with Gasteiger partial charge in [-0.25, -0.2) is 0 Å². The van der Waals surface area contributed by atoms with Gasteiger partial charge in [-0.2, -0.15) is 0 Å². The molecular formula is C12H25N. The SMILES string of the molecule is CCCN1CCC(CC(C)(C)C)C1. The number of likely N-dealkylation sites (tertiary alicyclic amines) is 1. The second-order valence-corrected chi connectivity index (χ2v) is 5.72. The van der Waals surface area contributed by atoms with Crippen LogP contribution in [0.3, 0.4) is 0 Å². The molecule has 1 heterocycles. The molecule has 78 valence electrons. The highest BCUT2D eigenvalue weighted by molar-refractivity contribution is 4.79. The minimum atomic E-state index is 0.521. The number of rotatable bonds is 3. The maximum Gasteiger partial charge on any atom is 0.00103 e. The molecule has 0 saturated carbocycles. The average molecular weight is 183 g/mol. The Balaban J connectivity index is 2.25. The molecule has 1 fully saturated rings. The Labute approximate surface area is 83.5 Å². The van der Waals surface area contributed by atoms with Crippen LogP contribution in [0.15, 0.2) is 0 Å². The van der Waals surface area contributed by atoms with Crippen molar-refractivity contribution in [1.82, 2.24) is 4.90 Å². The average Bonchev–Trinajstić information content (AvgIpc) is 2.33. The summed E-state index contributed by atoms with van der Waals surface area (Å²) < 4.78 is 0. The molecule has 1 atom stereocenters. The van der Waals surface area contributed by atoms with Crippen molar-refractivity contribution in [2.75, 3.05) is 19.6 Å². The Hall–Kier alpha value is -0.0400. The van der Waals surface area contributed by atoms with Crippen LogP contribution in [0.1, 0.15) is 47.0 Å². The van der Waals surface area contributed by atoms with Crippen molar-refractivity contribution in [3.05, 3.63) is 0 Å². The quantitative estimate of drug-likeness (QED) is 0.649. The summed E-state index contributed by atoms with van der Waals surface area (Å²) >= 11 is 0. The van der Waals surface area contributed by atoms with Crippen LogP contribution in [0, 0.1) is 11.3 Å². The fraction of sp³-hybridized carbons (Fsp3) is 1.00. The molecule has 1 rings (SSSR count). The monoisotopic (exact) mass is 183 g/mol. The molecule has 0 spiro atoms. The number of nitrogens with zero attached hydrogens (tertiary/aromatic N) is 1. The van der Waals surface area contributed by atoms with E-state index in [2.05, 4.69) is 32.6 Å². The van der Waals surface area contributed by atoms with Crippen LogP contribution in [-0.4, -0.2) is 24.5 Å². The third-order valence-electron chi connectivity index (χ3n) is 2.81. The summed E-state index contributed by atoms with van der Waals surface area (Å²) in [5, 5.41) is 0. The van der Waals surface area contributed by atoms with E-state index in [-0.39, 0.29) is 0 Å². The van der Waals surface area contributed by atoms with E-state index < -0.39 is 0 Å². The van der Waals surface area contributed by atoms with Gasteiger partial charge in [0.25, 0.3) is 0 Å². The summed E-state index contributed by atoms with van der Waals surface area (Å²) in [4.78, 5) is 2.62. The molecule has 0 aromatic rings. The Kier molecular flexibility index (Phi) is 3.78. The van der Waals surface area contributed by atoms with Gasteiger partial charge >= 0.3 is 0 Å². The molecule has 1 unspecified atom stereocenters. The Bertz CT molecular complexity index is 146. The Morgan fingerprint density at radius 1 is 1.31 bits per heavy atom. The van der Waals surface area contributed by atoms with Gasteiger partial charge in [-0.05, 0) is 43.7 Å². The van der Waals surface area contributed by atoms with Crippen molar-refractivity contribution in [2.24, 2.45) is 11.3 Å². The van der Waals surface area contributed by atoms with Crippen molar-refractivity contribution in [3.8, 4) is 0 Å². The molecule has 0 aromatic heterocycles. The fourth-order valence-corrected chi connectivity index (χ4v) is 2.46. The van der Waals surface area contributed by atoms with Crippen LogP contribution >= 0.6 is 0 Å². The first-order chi connectivity index (χ1) is 6.01. The second kappa shape index (κ2) is 4.45. The first-order valence-corrected chi connectivity index (χ1v) is 5.73. The van der Waals surface area contributed by atoms with E-state index in [1.165, 1.54) is 38.9 Å². The van der Waals surface area contributed by atoms with Crippen molar-refractivity contribution in [3.63, 3.8) is 0 Å². The van der Waals surface area contributed by atoms with Crippen molar-refractivity contribution in [1.29, 1.82) is 0 Å². The summed E-state index contributed by atoms with van der Waals surface area (Å²) in [7, 11) is 0. The summed E-state index contributed by atoms with van der Waals surface area (Å²) in [6.45, 7) is 13.3. The smallest absolute Gasteiger partial charge is 0.00103 e. The van der Waals surface area contributed by atoms with E-state index in [1.807, 2.05) is 0 Å². The minimum absolute atomic E-state index is 0.521. The lowest BCUT2D eigenvalue weighted by atomic mass is 9.84. The third kappa shape index (κ3) is 4.12. The number of hydrogen-bond donors (Lipinski definition) is 0. The normalized spacial score (nSPS) is 25.4. The van der Waals surface area contributed by atoms with E-state index in [0.717, 1.165) is 5.92 Å². The van der Waals surface area contributed by atoms with Gasteiger partial charge in [0.15, 0.2) is 0 Å². The van der Waals surface area contributed by atoms with Crippen LogP contribution in [0.25, 0.3) is 0 Å². The molecule has 1 aliphatic rings. The summed E-state index contributed by atoms with van der Waals surface area (Å²) in [6.07, 6.45) is 4.13. The van der Waals surface area contributed by atoms with E-state index in [9.17, 15) is 0 Å². The Morgan fingerprint density at radius 2 is 2.00 bits per heavy atom. The highest BCUT2D eigenvalue weighted by atomic mass is 15.1. The van der Waals surface area contributed by atoms with Gasteiger partial charge < -0.3 is 4.90 Å². The van der Waals surface area contributed by atoms with Gasteiger partial charge in [0.1, 0.15) is 0 Å². The number of hydrogen-bond acceptors (Lipinski definition) is 1. The van der Waals surface area contributed by atoms with Gasteiger partial charge in [-0.3, -0.25) is 0 Å². The van der Waals surface area contributed by atoms with Gasteiger partial charge in [-0.1, -0.05) is 27.7 Å². The zero-order valence-corrected chi connectivity index (χ0v) is 9.77. The van der Waals surface area contributed by atoms with E-state index >= 15 is 0 Å². The van der Waals surface area contributed by atoms with Crippen LogP contribution in [-0.2, 0) is 0 Å². The lowest BCUT2D eigenvalue weighted by Crippen LogP contribution is -2.22. The highest BCUT2D eigenvalue weighted by Gasteiger charge is 2.25. The summed E-state index contributed by atoms with van der Waals surface area (Å²) in [5.41, 5.74) is 0.521. The topological polar surface area (TPSA) is 3.24 Å². The molecule has 1 nitrogen and oxygen atoms in total. The molecule has 0 aromatic carbocycles. The van der Waals surface area contributed by atoms with E-state index in [4.69, 9.17) is 0 Å². The minimum Gasteiger partial charge on any atom is -0.303 e. The van der Waals surface area contributed by atoms with E-state index in [0.29, 0.717) is 5.41 Å². The highest BCUT2D eigenvalue weighted by Crippen LogP contribution is 2.30. The molecule has 0 bridgehead atoms. The second-order valence-electron chi connectivity index (χ2n) is 5.72.